The molecule has 18 heavy (non-hydrogen) atoms. The van der Waals surface area contributed by atoms with Gasteiger partial charge in [0, 0.05) is 19.5 Å². The van der Waals surface area contributed by atoms with Gasteiger partial charge < -0.3 is 10.2 Å². The van der Waals surface area contributed by atoms with Gasteiger partial charge in [-0.05, 0) is 31.6 Å². The lowest BCUT2D eigenvalue weighted by Crippen LogP contribution is -2.57. The molecule has 0 aliphatic carbocycles. The minimum atomic E-state index is -0.435. The van der Waals surface area contributed by atoms with Gasteiger partial charge in [0.25, 0.3) is 0 Å². The van der Waals surface area contributed by atoms with E-state index >= 15 is 0 Å². The maximum absolute atomic E-state index is 12.6. The molecular weight excluding hydrogens is 228 g/mol. The van der Waals surface area contributed by atoms with Crippen LogP contribution < -0.4 is 5.32 Å². The molecule has 104 valence electrons. The molecule has 1 aliphatic heterocycles. The molecule has 2 unspecified atom stereocenters. The normalized spacial score (nSPS) is 22.5. The van der Waals surface area contributed by atoms with Gasteiger partial charge in [-0.1, -0.05) is 20.8 Å². The maximum Gasteiger partial charge on any atom is 0.245 e. The van der Waals surface area contributed by atoms with Gasteiger partial charge >= 0.3 is 0 Å². The lowest BCUT2D eigenvalue weighted by molar-refractivity contribution is -0.142. The summed E-state index contributed by atoms with van der Waals surface area (Å²) >= 11 is 0. The highest BCUT2D eigenvalue weighted by atomic mass is 16.2. The van der Waals surface area contributed by atoms with Crippen LogP contribution in [0, 0.1) is 5.41 Å². The predicted octanol–water partition coefficient (Wildman–Crippen LogP) is 1.94. The summed E-state index contributed by atoms with van der Waals surface area (Å²) in [7, 11) is 0. The third-order valence-corrected chi connectivity index (χ3v) is 3.55. The average molecular weight is 254 g/mol. The number of carbonyl (C=O) groups is 2. The molecule has 2 atom stereocenters. The molecule has 4 nitrogen and oxygen atoms in total. The van der Waals surface area contributed by atoms with Gasteiger partial charge in [0.05, 0.1) is 0 Å². The van der Waals surface area contributed by atoms with E-state index in [0.29, 0.717) is 0 Å². The van der Waals surface area contributed by atoms with Crippen molar-refractivity contribution in [2.75, 3.05) is 6.54 Å². The van der Waals surface area contributed by atoms with Crippen molar-refractivity contribution in [3.8, 4) is 0 Å². The molecule has 0 radical (unpaired) electrons. The molecule has 1 saturated heterocycles. The van der Waals surface area contributed by atoms with E-state index in [9.17, 15) is 9.59 Å². The Kier molecular flexibility index (Phi) is 4.77. The van der Waals surface area contributed by atoms with E-state index in [-0.39, 0.29) is 23.3 Å². The third-order valence-electron chi connectivity index (χ3n) is 3.55. The molecule has 1 fully saturated rings. The number of piperidine rings is 1. The van der Waals surface area contributed by atoms with Crippen LogP contribution in [0.5, 0.6) is 0 Å². The lowest BCUT2D eigenvalue weighted by Gasteiger charge is -2.39. The highest BCUT2D eigenvalue weighted by Gasteiger charge is 2.37. The smallest absolute Gasteiger partial charge is 0.245 e. The topological polar surface area (TPSA) is 49.4 Å². The van der Waals surface area contributed by atoms with E-state index in [1.54, 1.807) is 0 Å². The molecule has 0 aromatic rings. The first-order chi connectivity index (χ1) is 8.23. The predicted molar refractivity (Wildman–Crippen MR) is 72.1 cm³/mol. The number of hydrogen-bond donors (Lipinski definition) is 1. The van der Waals surface area contributed by atoms with E-state index in [4.69, 9.17) is 0 Å². The van der Waals surface area contributed by atoms with Gasteiger partial charge in [0.1, 0.15) is 6.04 Å². The number of carbonyl (C=O) groups excluding carboxylic acids is 2. The van der Waals surface area contributed by atoms with Gasteiger partial charge in [-0.15, -0.1) is 0 Å². The Morgan fingerprint density at radius 3 is 2.33 bits per heavy atom. The largest absolute Gasteiger partial charge is 0.344 e. The summed E-state index contributed by atoms with van der Waals surface area (Å²) in [5.41, 5.74) is -0.264. The molecule has 0 aromatic heterocycles. The van der Waals surface area contributed by atoms with Crippen LogP contribution in [0.4, 0.5) is 0 Å². The molecule has 0 saturated carbocycles. The van der Waals surface area contributed by atoms with Crippen LogP contribution >= 0.6 is 0 Å². The summed E-state index contributed by atoms with van der Waals surface area (Å²) in [6.45, 7) is 10.3. The van der Waals surface area contributed by atoms with Crippen molar-refractivity contribution in [2.45, 2.75) is 66.0 Å². The zero-order valence-electron chi connectivity index (χ0n) is 12.2. The van der Waals surface area contributed by atoms with Gasteiger partial charge in [0.2, 0.25) is 11.8 Å². The third kappa shape index (κ3) is 3.72. The number of nitrogens with one attached hydrogen (secondary N) is 1. The zero-order chi connectivity index (χ0) is 13.9. The van der Waals surface area contributed by atoms with E-state index in [0.717, 1.165) is 19.4 Å². The molecule has 1 heterocycles. The van der Waals surface area contributed by atoms with Crippen LogP contribution in [0.2, 0.25) is 0 Å². The lowest BCUT2D eigenvalue weighted by atomic mass is 9.85. The molecule has 0 spiro atoms. The van der Waals surface area contributed by atoms with Gasteiger partial charge in [-0.25, -0.2) is 0 Å². The number of nitrogens with zero attached hydrogens (tertiary/aromatic N) is 1. The first kappa shape index (κ1) is 15.0. The van der Waals surface area contributed by atoms with Crippen molar-refractivity contribution >= 4 is 11.8 Å². The summed E-state index contributed by atoms with van der Waals surface area (Å²) in [5, 5.41) is 2.81. The summed E-state index contributed by atoms with van der Waals surface area (Å²) in [6.07, 6.45) is 3.31. The maximum atomic E-state index is 12.6. The molecule has 1 aliphatic rings. The zero-order valence-corrected chi connectivity index (χ0v) is 12.2. The quantitative estimate of drug-likeness (QED) is 0.818. The summed E-state index contributed by atoms with van der Waals surface area (Å²) < 4.78 is 0. The Bertz CT molecular complexity index is 320. The van der Waals surface area contributed by atoms with E-state index in [2.05, 4.69) is 12.2 Å². The summed E-state index contributed by atoms with van der Waals surface area (Å²) in [4.78, 5) is 25.8. The highest BCUT2D eigenvalue weighted by molar-refractivity contribution is 5.87. The van der Waals surface area contributed by atoms with Gasteiger partial charge in [-0.3, -0.25) is 9.59 Å². The second-order valence-electron chi connectivity index (χ2n) is 6.38. The van der Waals surface area contributed by atoms with Crippen LogP contribution in [0.25, 0.3) is 0 Å². The van der Waals surface area contributed by atoms with Crippen molar-refractivity contribution in [3.63, 3.8) is 0 Å². The number of hydrogen-bond acceptors (Lipinski definition) is 2. The van der Waals surface area contributed by atoms with Crippen molar-refractivity contribution in [1.29, 1.82) is 0 Å². The monoisotopic (exact) mass is 254 g/mol. The molecule has 0 bridgehead atoms. The van der Waals surface area contributed by atoms with Crippen molar-refractivity contribution in [2.24, 2.45) is 5.41 Å². The van der Waals surface area contributed by atoms with E-state index < -0.39 is 6.04 Å². The molecular formula is C14H26N2O2. The molecule has 1 N–H and O–H groups in total. The first-order valence-electron chi connectivity index (χ1n) is 6.81. The SMILES string of the molecule is CC(=O)NC(C(=O)N1CCCCC1C)C(C)(C)C. The Balaban J connectivity index is 2.84. The first-order valence-corrected chi connectivity index (χ1v) is 6.81. The van der Waals surface area contributed by atoms with Crippen LogP contribution in [0.1, 0.15) is 53.9 Å². The van der Waals surface area contributed by atoms with Crippen molar-refractivity contribution in [1.82, 2.24) is 10.2 Å². The Hall–Kier alpha value is -1.06. The van der Waals surface area contributed by atoms with Crippen LogP contribution in [-0.2, 0) is 9.59 Å². The summed E-state index contributed by atoms with van der Waals surface area (Å²) in [5.74, 6) is -0.0853. The fourth-order valence-corrected chi connectivity index (χ4v) is 2.44. The molecule has 0 aromatic carbocycles. The fraction of sp³-hybridized carbons (Fsp3) is 0.857. The van der Waals surface area contributed by atoms with Crippen molar-refractivity contribution in [3.05, 3.63) is 0 Å². The van der Waals surface area contributed by atoms with Gasteiger partial charge in [-0.2, -0.15) is 0 Å². The molecule has 1 rings (SSSR count). The fourth-order valence-electron chi connectivity index (χ4n) is 2.44. The van der Waals surface area contributed by atoms with E-state index in [1.807, 2.05) is 25.7 Å². The van der Waals surface area contributed by atoms with Gasteiger partial charge in [0.15, 0.2) is 0 Å². The molecule has 4 heteroatoms. The van der Waals surface area contributed by atoms with Crippen LogP contribution in [0.3, 0.4) is 0 Å². The van der Waals surface area contributed by atoms with E-state index in [1.165, 1.54) is 13.3 Å². The van der Waals surface area contributed by atoms with Crippen LogP contribution in [0.15, 0.2) is 0 Å². The highest BCUT2D eigenvalue weighted by Crippen LogP contribution is 2.24. The van der Waals surface area contributed by atoms with Crippen LogP contribution in [-0.4, -0.2) is 35.3 Å². The Morgan fingerprint density at radius 1 is 1.28 bits per heavy atom. The minimum absolute atomic E-state index is 0.0601. The minimum Gasteiger partial charge on any atom is -0.344 e. The standard InChI is InChI=1S/C14H26N2O2/c1-10-8-6-7-9-16(10)13(18)12(14(3,4)5)15-11(2)17/h10,12H,6-9H2,1-5H3,(H,15,17). The Labute approximate surface area is 110 Å². The Morgan fingerprint density at radius 2 is 1.89 bits per heavy atom. The second kappa shape index (κ2) is 5.72. The average Bonchev–Trinajstić information content (AvgIpc) is 2.24. The number of amides is 2. The number of rotatable bonds is 2. The summed E-state index contributed by atoms with van der Waals surface area (Å²) in [6, 6.07) is -0.152. The number of likely N-dealkylation sites (tertiary alicyclic amines) is 1. The van der Waals surface area contributed by atoms with Crippen molar-refractivity contribution < 1.29 is 9.59 Å². The second-order valence-corrected chi connectivity index (χ2v) is 6.38. The molecule has 2 amide bonds.